The number of hydrogen-bond donors (Lipinski definition) is 1. The van der Waals surface area contributed by atoms with E-state index in [1.807, 2.05) is 17.9 Å². The van der Waals surface area contributed by atoms with Gasteiger partial charge in [0.15, 0.2) is 0 Å². The van der Waals surface area contributed by atoms with E-state index in [9.17, 15) is 4.79 Å². The minimum absolute atomic E-state index is 0.256. The molecule has 1 heterocycles. The fourth-order valence-electron chi connectivity index (χ4n) is 3.02. The summed E-state index contributed by atoms with van der Waals surface area (Å²) >= 11 is 5.17. The maximum absolute atomic E-state index is 12.9. The van der Waals surface area contributed by atoms with Crippen molar-refractivity contribution in [1.29, 1.82) is 0 Å². The fraction of sp³-hybridized carbons (Fsp3) is 0.667. The third-order valence-corrected chi connectivity index (χ3v) is 5.91. The Balaban J connectivity index is 2.11. The van der Waals surface area contributed by atoms with Gasteiger partial charge in [-0.3, -0.25) is 4.79 Å². The number of nitrogens with two attached hydrogens (primary N) is 1. The molecule has 0 spiro atoms. The number of carbonyl (C=O) groups is 1. The molecule has 0 unspecified atom stereocenters. The lowest BCUT2D eigenvalue weighted by atomic mass is 9.73. The molecule has 1 aromatic rings. The topological polar surface area (TPSA) is 46.3 Å². The van der Waals surface area contributed by atoms with E-state index in [2.05, 4.69) is 22.0 Å². The molecule has 1 fully saturated rings. The SMILES string of the molecule is CCN(Cc1ccc(Br)s1)C(=O)C1(CN)CCCCC1. The molecule has 1 amide bonds. The predicted molar refractivity (Wildman–Crippen MR) is 87.7 cm³/mol. The number of thiophene rings is 1. The fourth-order valence-corrected chi connectivity index (χ4v) is 4.52. The minimum atomic E-state index is -0.303. The van der Waals surface area contributed by atoms with Crippen molar-refractivity contribution in [2.75, 3.05) is 13.1 Å². The highest BCUT2D eigenvalue weighted by molar-refractivity contribution is 9.11. The Bertz CT molecular complexity index is 454. The third kappa shape index (κ3) is 3.43. The van der Waals surface area contributed by atoms with E-state index in [0.29, 0.717) is 13.1 Å². The van der Waals surface area contributed by atoms with Gasteiger partial charge in [0.2, 0.25) is 5.91 Å². The Kier molecular flexibility index (Phi) is 5.64. The molecular weight excluding hydrogens is 336 g/mol. The predicted octanol–water partition coefficient (Wildman–Crippen LogP) is 3.77. The molecule has 20 heavy (non-hydrogen) atoms. The molecule has 1 aliphatic carbocycles. The van der Waals surface area contributed by atoms with Gasteiger partial charge in [-0.15, -0.1) is 11.3 Å². The van der Waals surface area contributed by atoms with Crippen molar-refractivity contribution < 1.29 is 4.79 Å². The van der Waals surface area contributed by atoms with Gasteiger partial charge in [-0.25, -0.2) is 0 Å². The third-order valence-electron chi connectivity index (χ3n) is 4.30. The van der Waals surface area contributed by atoms with E-state index in [4.69, 9.17) is 5.73 Å². The number of nitrogens with zero attached hydrogens (tertiary/aromatic N) is 1. The van der Waals surface area contributed by atoms with Gasteiger partial charge in [-0.05, 0) is 47.8 Å². The first-order valence-electron chi connectivity index (χ1n) is 7.35. The summed E-state index contributed by atoms with van der Waals surface area (Å²) in [5, 5.41) is 0. The van der Waals surface area contributed by atoms with Gasteiger partial charge >= 0.3 is 0 Å². The first-order chi connectivity index (χ1) is 9.61. The standard InChI is InChI=1S/C15H23BrN2OS/c1-2-18(10-12-6-7-13(16)20-12)14(19)15(11-17)8-4-3-5-9-15/h6-7H,2-5,8-11,17H2,1H3. The molecule has 2 N–H and O–H groups in total. The zero-order chi connectivity index (χ0) is 14.6. The van der Waals surface area contributed by atoms with Crippen LogP contribution in [0.5, 0.6) is 0 Å². The summed E-state index contributed by atoms with van der Waals surface area (Å²) in [5.74, 6) is 0.256. The molecule has 112 valence electrons. The summed E-state index contributed by atoms with van der Waals surface area (Å²) in [6.45, 7) is 3.98. The van der Waals surface area contributed by atoms with Crippen LogP contribution < -0.4 is 5.73 Å². The lowest BCUT2D eigenvalue weighted by molar-refractivity contribution is -0.144. The van der Waals surface area contributed by atoms with E-state index in [-0.39, 0.29) is 11.3 Å². The van der Waals surface area contributed by atoms with Gasteiger partial charge in [0.25, 0.3) is 0 Å². The molecule has 1 aliphatic rings. The molecule has 0 radical (unpaired) electrons. The molecule has 0 atom stereocenters. The Morgan fingerprint density at radius 3 is 2.60 bits per heavy atom. The minimum Gasteiger partial charge on any atom is -0.337 e. The van der Waals surface area contributed by atoms with Crippen LogP contribution >= 0.6 is 27.3 Å². The van der Waals surface area contributed by atoms with Crippen molar-refractivity contribution in [1.82, 2.24) is 4.90 Å². The first kappa shape index (κ1) is 16.0. The maximum Gasteiger partial charge on any atom is 0.230 e. The van der Waals surface area contributed by atoms with Crippen LogP contribution in [-0.2, 0) is 11.3 Å². The molecule has 0 bridgehead atoms. The average molecular weight is 359 g/mol. The van der Waals surface area contributed by atoms with Gasteiger partial charge in [0.1, 0.15) is 0 Å². The van der Waals surface area contributed by atoms with E-state index >= 15 is 0 Å². The van der Waals surface area contributed by atoms with Crippen molar-refractivity contribution in [3.05, 3.63) is 20.8 Å². The summed E-state index contributed by atoms with van der Waals surface area (Å²) in [6, 6.07) is 4.12. The van der Waals surface area contributed by atoms with Gasteiger partial charge < -0.3 is 10.6 Å². The van der Waals surface area contributed by atoms with Gasteiger partial charge in [0, 0.05) is 18.0 Å². The summed E-state index contributed by atoms with van der Waals surface area (Å²) in [6.07, 6.45) is 5.40. The number of hydrogen-bond acceptors (Lipinski definition) is 3. The van der Waals surface area contributed by atoms with Crippen LogP contribution in [0.1, 0.15) is 43.9 Å². The van der Waals surface area contributed by atoms with E-state index in [0.717, 1.165) is 36.0 Å². The summed E-state index contributed by atoms with van der Waals surface area (Å²) < 4.78 is 1.11. The van der Waals surface area contributed by atoms with Crippen molar-refractivity contribution in [2.45, 2.75) is 45.6 Å². The highest BCUT2D eigenvalue weighted by atomic mass is 79.9. The van der Waals surface area contributed by atoms with Crippen molar-refractivity contribution in [3.63, 3.8) is 0 Å². The highest BCUT2D eigenvalue weighted by Gasteiger charge is 2.40. The number of amides is 1. The molecular formula is C15H23BrN2OS. The number of carbonyl (C=O) groups excluding carboxylic acids is 1. The Morgan fingerprint density at radius 2 is 2.10 bits per heavy atom. The highest BCUT2D eigenvalue weighted by Crippen LogP contribution is 2.37. The molecule has 3 nitrogen and oxygen atoms in total. The molecule has 0 aliphatic heterocycles. The number of halogens is 1. The van der Waals surface area contributed by atoms with Crippen LogP contribution in [0.15, 0.2) is 15.9 Å². The Hall–Kier alpha value is -0.390. The van der Waals surface area contributed by atoms with E-state index < -0.39 is 0 Å². The lowest BCUT2D eigenvalue weighted by Gasteiger charge is -2.38. The zero-order valence-corrected chi connectivity index (χ0v) is 14.4. The molecule has 1 saturated carbocycles. The summed E-state index contributed by atoms with van der Waals surface area (Å²) in [4.78, 5) is 16.1. The average Bonchev–Trinajstić information content (AvgIpc) is 2.90. The molecule has 0 aromatic carbocycles. The second-order valence-electron chi connectivity index (χ2n) is 5.57. The van der Waals surface area contributed by atoms with Crippen LogP contribution in [0.2, 0.25) is 0 Å². The van der Waals surface area contributed by atoms with Crippen LogP contribution in [0.4, 0.5) is 0 Å². The second-order valence-corrected chi connectivity index (χ2v) is 8.12. The molecule has 0 saturated heterocycles. The summed E-state index contributed by atoms with van der Waals surface area (Å²) in [7, 11) is 0. The van der Waals surface area contributed by atoms with Gasteiger partial charge in [0.05, 0.1) is 15.7 Å². The first-order valence-corrected chi connectivity index (χ1v) is 8.96. The van der Waals surface area contributed by atoms with Crippen molar-refractivity contribution in [2.24, 2.45) is 11.1 Å². The molecule has 1 aromatic heterocycles. The molecule has 5 heteroatoms. The van der Waals surface area contributed by atoms with E-state index in [1.54, 1.807) is 11.3 Å². The monoisotopic (exact) mass is 358 g/mol. The zero-order valence-electron chi connectivity index (χ0n) is 12.0. The van der Waals surface area contributed by atoms with Crippen LogP contribution in [0, 0.1) is 5.41 Å². The lowest BCUT2D eigenvalue weighted by Crippen LogP contribution is -2.48. The maximum atomic E-state index is 12.9. The number of rotatable bonds is 5. The van der Waals surface area contributed by atoms with Gasteiger partial charge in [-0.1, -0.05) is 19.3 Å². The Morgan fingerprint density at radius 1 is 1.40 bits per heavy atom. The molecule has 2 rings (SSSR count). The largest absolute Gasteiger partial charge is 0.337 e. The van der Waals surface area contributed by atoms with Crippen LogP contribution in [0.3, 0.4) is 0 Å². The van der Waals surface area contributed by atoms with Gasteiger partial charge in [-0.2, -0.15) is 0 Å². The quantitative estimate of drug-likeness (QED) is 0.870. The second kappa shape index (κ2) is 7.05. The van der Waals surface area contributed by atoms with E-state index in [1.165, 1.54) is 11.3 Å². The Labute approximate surface area is 133 Å². The summed E-state index contributed by atoms with van der Waals surface area (Å²) in [5.41, 5.74) is 5.67. The smallest absolute Gasteiger partial charge is 0.230 e. The van der Waals surface area contributed by atoms with Crippen LogP contribution in [-0.4, -0.2) is 23.9 Å². The van der Waals surface area contributed by atoms with Crippen molar-refractivity contribution in [3.8, 4) is 0 Å². The normalized spacial score (nSPS) is 17.9. The van der Waals surface area contributed by atoms with Crippen molar-refractivity contribution >= 4 is 33.2 Å². The van der Waals surface area contributed by atoms with Crippen LogP contribution in [0.25, 0.3) is 0 Å².